The molecule has 0 bridgehead atoms. The minimum Gasteiger partial charge on any atom is -0.508 e. The van der Waals surface area contributed by atoms with Gasteiger partial charge in [-0.1, -0.05) is 24.3 Å². The van der Waals surface area contributed by atoms with E-state index in [2.05, 4.69) is 5.32 Å². The molecule has 0 amide bonds. The molecule has 2 rings (SSSR count). The number of nitrogens with one attached hydrogen (secondary N) is 1. The summed E-state index contributed by atoms with van der Waals surface area (Å²) in [6.07, 6.45) is 0. The van der Waals surface area contributed by atoms with Crippen LogP contribution in [-0.2, 0) is 13.1 Å². The fourth-order valence-electron chi connectivity index (χ4n) is 1.63. The number of phenols is 1. The zero-order valence-corrected chi connectivity index (χ0v) is 9.56. The molecular formula is C14H16N2O. The van der Waals surface area contributed by atoms with Gasteiger partial charge >= 0.3 is 0 Å². The van der Waals surface area contributed by atoms with Gasteiger partial charge in [0.25, 0.3) is 0 Å². The van der Waals surface area contributed by atoms with Gasteiger partial charge in [0, 0.05) is 18.8 Å². The number of phenolic OH excluding ortho intramolecular Hbond substituents is 1. The standard InChI is InChI=1S/C14H16N2O/c15-9-12-2-1-3-13(8-12)16-10-11-4-6-14(17)7-5-11/h1-8,16-17H,9-10,15H2. The Labute approximate surface area is 101 Å². The quantitative estimate of drug-likeness (QED) is 0.753. The van der Waals surface area contributed by atoms with Crippen molar-refractivity contribution in [2.75, 3.05) is 5.32 Å². The van der Waals surface area contributed by atoms with Gasteiger partial charge in [-0.05, 0) is 35.4 Å². The van der Waals surface area contributed by atoms with Gasteiger partial charge in [0.1, 0.15) is 5.75 Å². The number of nitrogens with two attached hydrogens (primary N) is 1. The molecule has 0 fully saturated rings. The summed E-state index contributed by atoms with van der Waals surface area (Å²) in [6, 6.07) is 15.2. The van der Waals surface area contributed by atoms with Gasteiger partial charge < -0.3 is 16.2 Å². The van der Waals surface area contributed by atoms with Crippen molar-refractivity contribution in [2.45, 2.75) is 13.1 Å². The maximum absolute atomic E-state index is 9.18. The average molecular weight is 228 g/mol. The lowest BCUT2D eigenvalue weighted by Gasteiger charge is -2.08. The molecule has 2 aromatic rings. The first-order chi connectivity index (χ1) is 8.28. The van der Waals surface area contributed by atoms with Crippen LogP contribution in [0.1, 0.15) is 11.1 Å². The molecule has 0 aliphatic rings. The predicted octanol–water partition coefficient (Wildman–Crippen LogP) is 2.46. The fourth-order valence-corrected chi connectivity index (χ4v) is 1.63. The zero-order valence-electron chi connectivity index (χ0n) is 9.56. The van der Waals surface area contributed by atoms with E-state index in [0.717, 1.165) is 23.4 Å². The number of rotatable bonds is 4. The highest BCUT2D eigenvalue weighted by atomic mass is 16.3. The average Bonchev–Trinajstić information content (AvgIpc) is 2.38. The molecule has 0 aromatic heterocycles. The molecule has 4 N–H and O–H groups in total. The molecule has 0 heterocycles. The Kier molecular flexibility index (Phi) is 3.62. The third kappa shape index (κ3) is 3.23. The highest BCUT2D eigenvalue weighted by Gasteiger charge is 1.96. The Balaban J connectivity index is 1.99. The van der Waals surface area contributed by atoms with Crippen LogP contribution in [0.3, 0.4) is 0 Å². The van der Waals surface area contributed by atoms with Crippen LogP contribution >= 0.6 is 0 Å². The number of anilines is 1. The lowest BCUT2D eigenvalue weighted by atomic mass is 10.2. The van der Waals surface area contributed by atoms with Crippen LogP contribution in [0.15, 0.2) is 48.5 Å². The molecule has 0 radical (unpaired) electrons. The maximum atomic E-state index is 9.18. The Bertz CT molecular complexity index is 480. The second kappa shape index (κ2) is 5.37. The topological polar surface area (TPSA) is 58.3 Å². The molecule has 17 heavy (non-hydrogen) atoms. The lowest BCUT2D eigenvalue weighted by molar-refractivity contribution is 0.475. The van der Waals surface area contributed by atoms with Gasteiger partial charge in [-0.2, -0.15) is 0 Å². The Morgan fingerprint density at radius 3 is 2.47 bits per heavy atom. The summed E-state index contributed by atoms with van der Waals surface area (Å²) < 4.78 is 0. The summed E-state index contributed by atoms with van der Waals surface area (Å²) in [5.41, 5.74) is 8.88. The van der Waals surface area contributed by atoms with Crippen molar-refractivity contribution in [3.63, 3.8) is 0 Å². The van der Waals surface area contributed by atoms with Crippen molar-refractivity contribution in [3.8, 4) is 5.75 Å². The summed E-state index contributed by atoms with van der Waals surface area (Å²) >= 11 is 0. The van der Waals surface area contributed by atoms with Crippen LogP contribution in [0.25, 0.3) is 0 Å². The molecule has 0 unspecified atom stereocenters. The van der Waals surface area contributed by atoms with Crippen molar-refractivity contribution in [1.82, 2.24) is 0 Å². The van der Waals surface area contributed by atoms with Gasteiger partial charge in [0.15, 0.2) is 0 Å². The van der Waals surface area contributed by atoms with Gasteiger partial charge in [0.05, 0.1) is 0 Å². The highest BCUT2D eigenvalue weighted by Crippen LogP contribution is 2.13. The zero-order chi connectivity index (χ0) is 12.1. The van der Waals surface area contributed by atoms with Gasteiger partial charge in [0.2, 0.25) is 0 Å². The predicted molar refractivity (Wildman–Crippen MR) is 69.8 cm³/mol. The first-order valence-corrected chi connectivity index (χ1v) is 5.59. The van der Waals surface area contributed by atoms with E-state index in [4.69, 9.17) is 5.73 Å². The molecule has 3 nitrogen and oxygen atoms in total. The van der Waals surface area contributed by atoms with E-state index in [1.165, 1.54) is 0 Å². The molecule has 0 aliphatic carbocycles. The molecule has 3 heteroatoms. The van der Waals surface area contributed by atoms with E-state index in [-0.39, 0.29) is 0 Å². The second-order valence-corrected chi connectivity index (χ2v) is 3.92. The van der Waals surface area contributed by atoms with Crippen molar-refractivity contribution in [1.29, 1.82) is 0 Å². The lowest BCUT2D eigenvalue weighted by Crippen LogP contribution is -2.01. The van der Waals surface area contributed by atoms with Crippen LogP contribution in [0.4, 0.5) is 5.69 Å². The van der Waals surface area contributed by atoms with Gasteiger partial charge in [-0.3, -0.25) is 0 Å². The highest BCUT2D eigenvalue weighted by molar-refractivity contribution is 5.46. The van der Waals surface area contributed by atoms with Crippen LogP contribution in [0.2, 0.25) is 0 Å². The molecule has 0 spiro atoms. The molecule has 0 atom stereocenters. The van der Waals surface area contributed by atoms with E-state index in [1.54, 1.807) is 12.1 Å². The van der Waals surface area contributed by atoms with E-state index >= 15 is 0 Å². The normalized spacial score (nSPS) is 10.2. The number of hydrogen-bond acceptors (Lipinski definition) is 3. The first kappa shape index (κ1) is 11.5. The Morgan fingerprint density at radius 1 is 1.00 bits per heavy atom. The third-order valence-corrected chi connectivity index (χ3v) is 2.60. The van der Waals surface area contributed by atoms with Crippen molar-refractivity contribution in [3.05, 3.63) is 59.7 Å². The van der Waals surface area contributed by atoms with E-state index < -0.39 is 0 Å². The number of benzene rings is 2. The molecular weight excluding hydrogens is 212 g/mol. The van der Waals surface area contributed by atoms with Crippen molar-refractivity contribution in [2.24, 2.45) is 5.73 Å². The summed E-state index contributed by atoms with van der Waals surface area (Å²) in [4.78, 5) is 0. The molecule has 0 saturated carbocycles. The van der Waals surface area contributed by atoms with E-state index in [1.807, 2.05) is 36.4 Å². The first-order valence-electron chi connectivity index (χ1n) is 5.59. The van der Waals surface area contributed by atoms with Crippen LogP contribution in [0, 0.1) is 0 Å². The minimum atomic E-state index is 0.291. The van der Waals surface area contributed by atoms with E-state index in [0.29, 0.717) is 12.3 Å². The summed E-state index contributed by atoms with van der Waals surface area (Å²) in [5.74, 6) is 0.291. The van der Waals surface area contributed by atoms with Crippen molar-refractivity contribution < 1.29 is 5.11 Å². The molecule has 0 saturated heterocycles. The fraction of sp³-hybridized carbons (Fsp3) is 0.143. The molecule has 88 valence electrons. The largest absolute Gasteiger partial charge is 0.508 e. The van der Waals surface area contributed by atoms with Crippen molar-refractivity contribution >= 4 is 5.69 Å². The summed E-state index contributed by atoms with van der Waals surface area (Å²) in [6.45, 7) is 1.28. The third-order valence-electron chi connectivity index (χ3n) is 2.60. The Morgan fingerprint density at radius 2 is 1.76 bits per heavy atom. The Hall–Kier alpha value is -2.00. The summed E-state index contributed by atoms with van der Waals surface area (Å²) in [7, 11) is 0. The van der Waals surface area contributed by atoms with Gasteiger partial charge in [-0.25, -0.2) is 0 Å². The van der Waals surface area contributed by atoms with Crippen LogP contribution in [0.5, 0.6) is 5.75 Å². The van der Waals surface area contributed by atoms with Crippen LogP contribution < -0.4 is 11.1 Å². The van der Waals surface area contributed by atoms with Crippen LogP contribution in [-0.4, -0.2) is 5.11 Å². The number of hydrogen-bond donors (Lipinski definition) is 3. The summed E-state index contributed by atoms with van der Waals surface area (Å²) in [5, 5.41) is 12.5. The monoisotopic (exact) mass is 228 g/mol. The van der Waals surface area contributed by atoms with E-state index in [9.17, 15) is 5.11 Å². The smallest absolute Gasteiger partial charge is 0.115 e. The maximum Gasteiger partial charge on any atom is 0.115 e. The molecule has 0 aliphatic heterocycles. The molecule has 2 aromatic carbocycles. The minimum absolute atomic E-state index is 0.291. The number of aromatic hydroxyl groups is 1. The second-order valence-electron chi connectivity index (χ2n) is 3.92. The SMILES string of the molecule is NCc1cccc(NCc2ccc(O)cc2)c1. The van der Waals surface area contributed by atoms with Gasteiger partial charge in [-0.15, -0.1) is 0 Å².